The van der Waals surface area contributed by atoms with Crippen LogP contribution in [0, 0.1) is 30.6 Å². The number of carbonyl (C=O) groups is 3. The van der Waals surface area contributed by atoms with Gasteiger partial charge in [-0.3, -0.25) is 19.2 Å². The second-order valence-corrected chi connectivity index (χ2v) is 18.8. The number of nitrogens with zero attached hydrogens (tertiary/aromatic N) is 2. The van der Waals surface area contributed by atoms with Gasteiger partial charge in [0.2, 0.25) is 10.9 Å². The average Bonchev–Trinajstić information content (AvgIpc) is 3.59. The second-order valence-electron chi connectivity index (χ2n) is 18.8. The summed E-state index contributed by atoms with van der Waals surface area (Å²) in [6.45, 7) is 15.8. The average molecular weight is 970 g/mol. The maximum absolute atomic E-state index is 14.9. The number of allylic oxidation sites excluding steroid dienone is 2. The van der Waals surface area contributed by atoms with E-state index in [0.29, 0.717) is 38.2 Å². The van der Waals surface area contributed by atoms with Gasteiger partial charge in [-0.05, 0) is 39.7 Å². The van der Waals surface area contributed by atoms with Gasteiger partial charge in [0.1, 0.15) is 28.8 Å². The smallest absolute Gasteiger partial charge is 0.314 e. The lowest BCUT2D eigenvalue weighted by molar-refractivity contribution is -0.160. The highest BCUT2D eigenvalue weighted by Gasteiger charge is 2.44. The lowest BCUT2D eigenvalue weighted by atomic mass is 9.78. The van der Waals surface area contributed by atoms with Crippen LogP contribution < -0.4 is 41.7 Å². The van der Waals surface area contributed by atoms with E-state index >= 15 is 0 Å². The van der Waals surface area contributed by atoms with Gasteiger partial charge < -0.3 is 64.6 Å². The quantitative estimate of drug-likeness (QED) is 0.0801. The molecule has 1 aromatic heterocycles. The molecule has 7 N–H and O–H groups in total. The number of amides is 3. The summed E-state index contributed by atoms with van der Waals surface area (Å²) in [6.07, 6.45) is 4.62. The van der Waals surface area contributed by atoms with E-state index in [-0.39, 0.29) is 67.1 Å². The van der Waals surface area contributed by atoms with E-state index in [2.05, 4.69) is 16.0 Å². The number of hydrogen-bond acceptors (Lipinski definition) is 16. The Bertz CT molecular complexity index is 3000. The van der Waals surface area contributed by atoms with Crippen LogP contribution in [0.5, 0.6) is 11.5 Å². The van der Waals surface area contributed by atoms with Crippen LogP contribution in [-0.2, 0) is 23.8 Å². The van der Waals surface area contributed by atoms with Crippen molar-refractivity contribution in [2.45, 2.75) is 111 Å². The minimum atomic E-state index is -2.01. The monoisotopic (exact) mass is 969 g/mol. The fourth-order valence-electron chi connectivity index (χ4n) is 9.74. The van der Waals surface area contributed by atoms with Gasteiger partial charge >= 0.3 is 17.8 Å². The highest BCUT2D eigenvalue weighted by molar-refractivity contribution is 6.17. The number of urea groups is 1. The van der Waals surface area contributed by atoms with Crippen molar-refractivity contribution >= 4 is 68.0 Å². The van der Waals surface area contributed by atoms with Crippen LogP contribution in [0.2, 0.25) is 0 Å². The largest absolute Gasteiger partial charge is 0.507 e. The van der Waals surface area contributed by atoms with Gasteiger partial charge in [-0.25, -0.2) is 9.78 Å². The van der Waals surface area contributed by atoms with Gasteiger partial charge in [-0.15, -0.1) is 0 Å². The number of fused-ring (bicyclic) bond motifs is 5. The summed E-state index contributed by atoms with van der Waals surface area (Å²) in [5.41, 5.74) is -1.82. The molecule has 70 heavy (non-hydrogen) atoms. The number of carbonyl (C=O) groups excluding carboxylic acids is 3. The van der Waals surface area contributed by atoms with Crippen LogP contribution in [0.3, 0.4) is 0 Å². The standard InChI is InChI=1S/C51H63N5O14/c1-11-52-50(65)53-30-15-18-56(19-16-30)31-21-32(58)38-34(22-31)69-47-39(54-38)35-36-43(61)28(7)46-37(35)48(63)51(9,70-46)67-20-17-33(66-10)25(4)45(68-29(8)57)27(6)42(60)26(5)41(59)23(2)13-12-14-24(3)49(64)55-40(47)44(36)62/h12-14,17,20-23,25-27,30,33,41-42,45,59-61,63H,11,15-16,18-19H2,1-10H3,(H,55,64)(H2,52,53,65)/b13-12+,20-17+,24-14-/t23-,25+,26+,27+,33-,41-,42+,45+,51-/m0/s1. The van der Waals surface area contributed by atoms with Crippen LogP contribution in [-0.4, -0.2) is 106 Å². The molecule has 7 rings (SSSR count). The van der Waals surface area contributed by atoms with Gasteiger partial charge in [0.05, 0.1) is 35.2 Å². The number of piperidine rings is 1. The highest BCUT2D eigenvalue weighted by Crippen LogP contribution is 2.42. The maximum atomic E-state index is 14.9. The summed E-state index contributed by atoms with van der Waals surface area (Å²) in [4.78, 5) is 74.4. The zero-order valence-corrected chi connectivity index (χ0v) is 41.0. The van der Waals surface area contributed by atoms with E-state index in [4.69, 9.17) is 28.3 Å². The van der Waals surface area contributed by atoms with Crippen molar-refractivity contribution in [3.8, 4) is 11.5 Å². The Balaban J connectivity index is 1.43. The van der Waals surface area contributed by atoms with Crippen LogP contribution in [0.4, 0.5) is 16.2 Å². The van der Waals surface area contributed by atoms with Crippen LogP contribution >= 0.6 is 0 Å². The fourth-order valence-corrected chi connectivity index (χ4v) is 9.74. The number of benzene rings is 3. The molecule has 0 aliphatic carbocycles. The molecule has 1 saturated heterocycles. The number of aliphatic hydroxyl groups excluding tert-OH is 3. The zero-order valence-electron chi connectivity index (χ0n) is 41.0. The number of hydrogen-bond donors (Lipinski definition) is 7. The molecule has 1 fully saturated rings. The van der Waals surface area contributed by atoms with Gasteiger partial charge in [-0.1, -0.05) is 45.9 Å². The molecular formula is C51H63N5O14. The Labute approximate surface area is 403 Å². The summed E-state index contributed by atoms with van der Waals surface area (Å²) in [5.74, 6) is -7.12. The molecule has 0 spiro atoms. The number of aromatic nitrogens is 1. The number of phenolic OH excluding ortho intramolecular Hbond substituents is 1. The Morgan fingerprint density at radius 2 is 1.67 bits per heavy atom. The van der Waals surface area contributed by atoms with Crippen LogP contribution in [0.1, 0.15) is 73.8 Å². The first kappa shape index (κ1) is 51.2. The van der Waals surface area contributed by atoms with Crippen molar-refractivity contribution in [2.24, 2.45) is 23.7 Å². The normalized spacial score (nSPS) is 28.7. The topological polar surface area (TPSA) is 269 Å². The number of methoxy groups -OCH3 is 1. The molecule has 9 atom stereocenters. The number of anilines is 2. The van der Waals surface area contributed by atoms with E-state index in [1.807, 2.05) is 11.8 Å². The Morgan fingerprint density at radius 3 is 2.33 bits per heavy atom. The molecule has 0 unspecified atom stereocenters. The lowest BCUT2D eigenvalue weighted by Gasteiger charge is -2.38. The van der Waals surface area contributed by atoms with E-state index in [1.54, 1.807) is 45.9 Å². The number of aromatic hydroxyl groups is 1. The third-order valence-electron chi connectivity index (χ3n) is 14.0. The summed E-state index contributed by atoms with van der Waals surface area (Å²) >= 11 is 0. The lowest BCUT2D eigenvalue weighted by Crippen LogP contribution is -2.48. The summed E-state index contributed by atoms with van der Waals surface area (Å²) in [7, 11) is 1.44. The van der Waals surface area contributed by atoms with Crippen molar-refractivity contribution in [2.75, 3.05) is 37.0 Å². The van der Waals surface area contributed by atoms with Crippen molar-refractivity contribution in [1.82, 2.24) is 15.6 Å². The molecule has 19 heteroatoms. The summed E-state index contributed by atoms with van der Waals surface area (Å²) < 4.78 is 30.5. The van der Waals surface area contributed by atoms with Gasteiger partial charge in [-0.2, -0.15) is 0 Å². The first-order chi connectivity index (χ1) is 33.1. The number of nitrogens with one attached hydrogen (secondary N) is 3. The molecular weight excluding hydrogens is 907 g/mol. The molecule has 0 radical (unpaired) electrons. The molecule has 3 aliphatic heterocycles. The Morgan fingerprint density at radius 1 is 0.971 bits per heavy atom. The third-order valence-corrected chi connectivity index (χ3v) is 14.0. The van der Waals surface area contributed by atoms with Crippen molar-refractivity contribution in [3.63, 3.8) is 0 Å². The molecule has 3 aromatic carbocycles. The second kappa shape index (κ2) is 20.3. The minimum absolute atomic E-state index is 0.0231. The summed E-state index contributed by atoms with van der Waals surface area (Å²) in [6, 6.07) is 2.67. The summed E-state index contributed by atoms with van der Waals surface area (Å²) in [5, 5.41) is 54.9. The number of esters is 1. The van der Waals surface area contributed by atoms with E-state index in [9.17, 15) is 44.4 Å². The number of phenols is 1. The Kier molecular flexibility index (Phi) is 14.9. The zero-order chi connectivity index (χ0) is 51.1. The SMILES string of the molecule is CCNC(=O)NC1CCN(c2cc(=O)c3nc4c(oc3c2)c2c(=O)c3c(O)c(C)c5c(c34)=C(O)[C@@](C)(O/C=C/[C@H](OC)[C@@H](C)[C@@H](OC(C)=O)[C@H](C)[C@H](O)[C@H](C)[C@@H](O)[C@@H](C)/C=C/C=C(/C)C(=O)N2)O5)CC1. The fraction of sp³-hybridized carbons (Fsp3) is 0.490. The van der Waals surface area contributed by atoms with Gasteiger partial charge in [0.25, 0.3) is 5.91 Å². The predicted octanol–water partition coefficient (Wildman–Crippen LogP) is 4.85. The number of rotatable bonds is 5. The van der Waals surface area contributed by atoms with Crippen molar-refractivity contribution < 1.29 is 58.2 Å². The first-order valence-corrected chi connectivity index (χ1v) is 23.5. The highest BCUT2D eigenvalue weighted by atomic mass is 16.7. The predicted molar refractivity (Wildman–Crippen MR) is 262 cm³/mol. The number of ether oxygens (including phenoxy) is 4. The molecule has 4 heterocycles. The number of aliphatic hydroxyl groups is 3. The molecule has 3 aliphatic rings. The minimum Gasteiger partial charge on any atom is -0.507 e. The molecule has 376 valence electrons. The van der Waals surface area contributed by atoms with E-state index < -0.39 is 93.8 Å². The molecule has 0 saturated carbocycles. The third kappa shape index (κ3) is 9.61. The maximum Gasteiger partial charge on any atom is 0.314 e. The molecule has 19 nitrogen and oxygen atoms in total. The van der Waals surface area contributed by atoms with Gasteiger partial charge in [0.15, 0.2) is 22.4 Å². The van der Waals surface area contributed by atoms with Crippen molar-refractivity contribution in [3.05, 3.63) is 79.5 Å². The van der Waals surface area contributed by atoms with Crippen LogP contribution in [0.15, 0.2) is 62.3 Å². The van der Waals surface area contributed by atoms with E-state index in [0.717, 1.165) is 0 Å². The Hall–Kier alpha value is -6.70. The molecule has 5 bridgehead atoms. The van der Waals surface area contributed by atoms with Gasteiger partial charge in [0, 0.05) is 105 Å². The molecule has 3 amide bonds. The van der Waals surface area contributed by atoms with Crippen molar-refractivity contribution in [1.29, 1.82) is 0 Å². The van der Waals surface area contributed by atoms with E-state index in [1.165, 1.54) is 59.3 Å². The molecule has 4 aromatic rings. The first-order valence-electron chi connectivity index (χ1n) is 23.5. The van der Waals surface area contributed by atoms with Crippen LogP contribution in [0.25, 0.3) is 38.7 Å².